The third kappa shape index (κ3) is 3.26. The van der Waals surface area contributed by atoms with E-state index in [0.717, 1.165) is 11.1 Å². The van der Waals surface area contributed by atoms with Gasteiger partial charge in [0.25, 0.3) is 5.91 Å². The molecule has 2 aromatic carbocycles. The highest BCUT2D eigenvalue weighted by molar-refractivity contribution is 7.91. The molecule has 3 rings (SSSR count). The first-order chi connectivity index (χ1) is 11.8. The summed E-state index contributed by atoms with van der Waals surface area (Å²) in [4.78, 5) is 14.5. The van der Waals surface area contributed by atoms with E-state index in [0.29, 0.717) is 18.0 Å². The van der Waals surface area contributed by atoms with E-state index in [2.05, 4.69) is 0 Å². The van der Waals surface area contributed by atoms with Gasteiger partial charge in [-0.25, -0.2) is 8.42 Å². The summed E-state index contributed by atoms with van der Waals surface area (Å²) in [5.41, 5.74) is 2.59. The summed E-state index contributed by atoms with van der Waals surface area (Å²) < 4.78 is 30.1. The number of carbonyl (C=O) groups excluding carboxylic acids is 1. The first-order valence-electron chi connectivity index (χ1n) is 8.23. The second-order valence-corrected chi connectivity index (χ2v) is 8.42. The van der Waals surface area contributed by atoms with Crippen LogP contribution in [0.3, 0.4) is 0 Å². The van der Waals surface area contributed by atoms with Crippen LogP contribution in [-0.4, -0.2) is 26.2 Å². The van der Waals surface area contributed by atoms with Crippen LogP contribution < -0.4 is 9.64 Å². The summed E-state index contributed by atoms with van der Waals surface area (Å²) in [7, 11) is -3.36. The van der Waals surface area contributed by atoms with Gasteiger partial charge in [-0.2, -0.15) is 0 Å². The molecule has 0 aliphatic carbocycles. The molecule has 1 aliphatic rings. The van der Waals surface area contributed by atoms with Crippen molar-refractivity contribution in [2.24, 2.45) is 0 Å². The largest absolute Gasteiger partial charge is 0.479 e. The Kier molecular flexibility index (Phi) is 4.56. The van der Waals surface area contributed by atoms with Crippen molar-refractivity contribution in [2.45, 2.75) is 38.3 Å². The highest BCUT2D eigenvalue weighted by Crippen LogP contribution is 2.37. The molecule has 0 aromatic heterocycles. The van der Waals surface area contributed by atoms with Crippen molar-refractivity contribution in [3.63, 3.8) is 0 Å². The Bertz CT molecular complexity index is 921. The van der Waals surface area contributed by atoms with E-state index in [1.165, 1.54) is 12.1 Å². The van der Waals surface area contributed by atoms with Crippen LogP contribution in [0.2, 0.25) is 0 Å². The minimum Gasteiger partial charge on any atom is -0.479 e. The fourth-order valence-electron chi connectivity index (χ4n) is 2.87. The van der Waals surface area contributed by atoms with Crippen molar-refractivity contribution >= 4 is 21.4 Å². The first kappa shape index (κ1) is 17.5. The molecule has 0 N–H and O–H groups in total. The lowest BCUT2D eigenvalue weighted by Crippen LogP contribution is -2.44. The van der Waals surface area contributed by atoms with Crippen molar-refractivity contribution in [2.75, 3.05) is 10.7 Å². The maximum absolute atomic E-state index is 12.7. The van der Waals surface area contributed by atoms with Gasteiger partial charge in [0.2, 0.25) is 0 Å². The van der Waals surface area contributed by atoms with E-state index in [4.69, 9.17) is 4.74 Å². The average Bonchev–Trinajstić information content (AvgIpc) is 2.60. The molecule has 1 heterocycles. The number of nitrogens with zero attached hydrogens (tertiary/aromatic N) is 1. The van der Waals surface area contributed by atoms with Crippen LogP contribution >= 0.6 is 0 Å². The normalized spacial score (nSPS) is 17.2. The van der Waals surface area contributed by atoms with E-state index in [1.807, 2.05) is 31.2 Å². The predicted molar refractivity (Wildman–Crippen MR) is 96.6 cm³/mol. The average molecular weight is 359 g/mol. The predicted octanol–water partition coefficient (Wildman–Crippen LogP) is 3.10. The lowest BCUT2D eigenvalue weighted by molar-refractivity contribution is -0.125. The molecule has 132 valence electrons. The Morgan fingerprint density at radius 2 is 1.88 bits per heavy atom. The van der Waals surface area contributed by atoms with Crippen molar-refractivity contribution < 1.29 is 17.9 Å². The van der Waals surface area contributed by atoms with Gasteiger partial charge in [-0.1, -0.05) is 31.2 Å². The quantitative estimate of drug-likeness (QED) is 0.841. The van der Waals surface area contributed by atoms with Crippen molar-refractivity contribution in [1.82, 2.24) is 0 Å². The highest BCUT2D eigenvalue weighted by Gasteiger charge is 2.32. The Morgan fingerprint density at radius 3 is 2.56 bits per heavy atom. The van der Waals surface area contributed by atoms with Crippen molar-refractivity contribution in [3.8, 4) is 5.75 Å². The van der Waals surface area contributed by atoms with Crippen LogP contribution in [0.4, 0.5) is 5.69 Å². The zero-order valence-corrected chi connectivity index (χ0v) is 15.3. The number of hydrogen-bond donors (Lipinski definition) is 0. The summed E-state index contributed by atoms with van der Waals surface area (Å²) >= 11 is 0. The van der Waals surface area contributed by atoms with Crippen LogP contribution in [0, 0.1) is 6.92 Å². The van der Waals surface area contributed by atoms with E-state index < -0.39 is 15.9 Å². The summed E-state index contributed by atoms with van der Waals surface area (Å²) in [6, 6.07) is 12.5. The van der Waals surface area contributed by atoms with E-state index in [9.17, 15) is 13.2 Å². The monoisotopic (exact) mass is 359 g/mol. The maximum Gasteiger partial charge on any atom is 0.268 e. The van der Waals surface area contributed by atoms with E-state index in [1.54, 1.807) is 24.8 Å². The van der Waals surface area contributed by atoms with Gasteiger partial charge in [-0.15, -0.1) is 0 Å². The number of fused-ring (bicyclic) bond motifs is 1. The Hall–Kier alpha value is -2.34. The van der Waals surface area contributed by atoms with Gasteiger partial charge in [0, 0.05) is 0 Å². The zero-order chi connectivity index (χ0) is 18.2. The van der Waals surface area contributed by atoms with Gasteiger partial charge < -0.3 is 9.64 Å². The SMILES string of the molecule is CCS(=O)(=O)c1ccc2c(c1)N(Cc1ccccc1C)C(=O)C(C)O2. The third-order valence-corrected chi connectivity index (χ3v) is 6.20. The topological polar surface area (TPSA) is 63.7 Å². The van der Waals surface area contributed by atoms with Gasteiger partial charge in [0.05, 0.1) is 22.9 Å². The Morgan fingerprint density at radius 1 is 1.16 bits per heavy atom. The molecule has 0 saturated carbocycles. The van der Waals surface area contributed by atoms with Crippen molar-refractivity contribution in [1.29, 1.82) is 0 Å². The van der Waals surface area contributed by atoms with Crippen molar-refractivity contribution in [3.05, 3.63) is 53.6 Å². The molecular formula is C19H21NO4S. The van der Waals surface area contributed by atoms with E-state index in [-0.39, 0.29) is 16.6 Å². The number of amides is 1. The number of sulfone groups is 1. The standard InChI is InChI=1S/C19H21NO4S/c1-4-25(22,23)16-9-10-18-17(11-16)20(19(21)14(3)24-18)12-15-8-6-5-7-13(15)2/h5-11,14H,4,12H2,1-3H3. The molecule has 0 fully saturated rings. The van der Waals surface area contributed by atoms with Gasteiger partial charge in [-0.05, 0) is 43.2 Å². The number of ether oxygens (including phenoxy) is 1. The first-order valence-corrected chi connectivity index (χ1v) is 9.88. The van der Waals surface area contributed by atoms with Crippen LogP contribution in [0.5, 0.6) is 5.75 Å². The minimum absolute atomic E-state index is 0.00872. The Labute approximate surface area is 148 Å². The smallest absolute Gasteiger partial charge is 0.268 e. The Balaban J connectivity index is 2.08. The van der Waals surface area contributed by atoms with Gasteiger partial charge in [0.1, 0.15) is 5.75 Å². The summed E-state index contributed by atoms with van der Waals surface area (Å²) in [6.45, 7) is 5.67. The van der Waals surface area contributed by atoms with Crippen LogP contribution in [0.25, 0.3) is 0 Å². The number of carbonyl (C=O) groups is 1. The molecule has 0 radical (unpaired) electrons. The number of aryl methyl sites for hydroxylation is 1. The maximum atomic E-state index is 12.7. The fraction of sp³-hybridized carbons (Fsp3) is 0.316. The highest BCUT2D eigenvalue weighted by atomic mass is 32.2. The van der Waals surface area contributed by atoms with E-state index >= 15 is 0 Å². The molecule has 2 aromatic rings. The third-order valence-electron chi connectivity index (χ3n) is 4.47. The lowest BCUT2D eigenvalue weighted by Gasteiger charge is -2.33. The lowest BCUT2D eigenvalue weighted by atomic mass is 10.1. The molecule has 0 saturated heterocycles. The molecular weight excluding hydrogens is 338 g/mol. The molecule has 1 amide bonds. The van der Waals surface area contributed by atoms with Gasteiger partial charge in [-0.3, -0.25) is 4.79 Å². The molecule has 6 heteroatoms. The minimum atomic E-state index is -3.36. The van der Waals surface area contributed by atoms with Gasteiger partial charge in [0.15, 0.2) is 15.9 Å². The fourth-order valence-corrected chi connectivity index (χ4v) is 3.77. The number of hydrogen-bond acceptors (Lipinski definition) is 4. The number of rotatable bonds is 4. The molecule has 25 heavy (non-hydrogen) atoms. The zero-order valence-electron chi connectivity index (χ0n) is 14.5. The van der Waals surface area contributed by atoms with Gasteiger partial charge >= 0.3 is 0 Å². The molecule has 0 spiro atoms. The molecule has 1 atom stereocenters. The molecule has 0 bridgehead atoms. The molecule has 1 aliphatic heterocycles. The van der Waals surface area contributed by atoms with Crippen LogP contribution in [0.15, 0.2) is 47.4 Å². The van der Waals surface area contributed by atoms with Crippen LogP contribution in [-0.2, 0) is 21.2 Å². The second-order valence-electron chi connectivity index (χ2n) is 6.14. The summed E-state index contributed by atoms with van der Waals surface area (Å²) in [5, 5.41) is 0. The molecule has 5 nitrogen and oxygen atoms in total. The summed E-state index contributed by atoms with van der Waals surface area (Å²) in [6.07, 6.45) is -0.606. The number of benzene rings is 2. The molecule has 1 unspecified atom stereocenters. The second kappa shape index (κ2) is 6.52. The number of anilines is 1. The van der Waals surface area contributed by atoms with Crippen LogP contribution in [0.1, 0.15) is 25.0 Å². The summed E-state index contributed by atoms with van der Waals surface area (Å²) in [5.74, 6) is 0.354.